The van der Waals surface area contributed by atoms with Gasteiger partial charge in [-0.2, -0.15) is 51.6 Å². The van der Waals surface area contributed by atoms with E-state index >= 15 is 0 Å². The molecule has 0 radical (unpaired) electrons. The Balaban J connectivity index is 0.000000205. The van der Waals surface area contributed by atoms with Gasteiger partial charge < -0.3 is 103 Å². The van der Waals surface area contributed by atoms with Gasteiger partial charge in [-0.05, 0) is 242 Å². The average Bonchev–Trinajstić information content (AvgIpc) is 1.63. The summed E-state index contributed by atoms with van der Waals surface area (Å²) in [6.45, 7) is 34.5. The number of hydrogen-bond acceptors (Lipinski definition) is 28. The number of amides is 8. The molecular weight excluding hydrogens is 2070 g/mol. The molecule has 147 heavy (non-hydrogen) atoms. The van der Waals surface area contributed by atoms with Crippen molar-refractivity contribution in [1.82, 2.24) is 39.5 Å². The molecule has 5 aromatic carbocycles. The van der Waals surface area contributed by atoms with Crippen molar-refractivity contribution in [3.63, 3.8) is 0 Å². The summed E-state index contributed by atoms with van der Waals surface area (Å²) in [6.07, 6.45) is 13.6. The molecular formula is C96H120BBrF6N12O28S3. The number of nitrogens with zero attached hydrogens (tertiary/aromatic N) is 4. The number of fused-ring (bicyclic) bond motifs is 4. The number of carbonyl (C=O) groups excluding carboxylic acids is 12. The molecule has 1 aliphatic heterocycles. The van der Waals surface area contributed by atoms with Gasteiger partial charge in [0.15, 0.2) is 28.9 Å². The molecule has 5 heterocycles. The van der Waals surface area contributed by atoms with Crippen LogP contribution in [0.2, 0.25) is 0 Å². The van der Waals surface area contributed by atoms with E-state index in [1.54, 1.807) is 146 Å². The van der Waals surface area contributed by atoms with Crippen molar-refractivity contribution in [3.05, 3.63) is 136 Å². The van der Waals surface area contributed by atoms with Crippen LogP contribution in [0.4, 0.5) is 68.3 Å². The second-order valence-electron chi connectivity index (χ2n) is 40.1. The summed E-state index contributed by atoms with van der Waals surface area (Å²) in [6, 6.07) is 20.4. The number of halogens is 7. The number of benzene rings is 5. The molecule has 8 amide bonds. The van der Waals surface area contributed by atoms with Crippen LogP contribution in [0.15, 0.2) is 108 Å². The number of nitrogens with one attached hydrogen (secondary N) is 8. The number of anilines is 4. The third kappa shape index (κ3) is 35.5. The van der Waals surface area contributed by atoms with E-state index in [-0.39, 0.29) is 131 Å². The van der Waals surface area contributed by atoms with E-state index < -0.39 is 118 Å². The number of rotatable bonds is 27. The first kappa shape index (κ1) is 118. The first-order chi connectivity index (χ1) is 67.5. The van der Waals surface area contributed by atoms with E-state index in [1.807, 2.05) is 58.0 Å². The maximum absolute atomic E-state index is 13.0. The van der Waals surface area contributed by atoms with Crippen LogP contribution in [0.1, 0.15) is 237 Å². The molecule has 40 nitrogen and oxygen atoms in total. The number of urea groups is 4. The lowest BCUT2D eigenvalue weighted by atomic mass is 9.90. The molecule has 0 atom stereocenters. The molecule has 9 aromatic rings. The molecule has 4 aliphatic carbocycles. The monoisotopic (exact) mass is 2190 g/mol. The van der Waals surface area contributed by atoms with Gasteiger partial charge in [0.1, 0.15) is 66.7 Å². The Morgan fingerprint density at radius 2 is 0.694 bits per heavy atom. The first-order valence-electron chi connectivity index (χ1n) is 45.9. The fraction of sp³-hybridized carbons (Fsp3) is 0.479. The van der Waals surface area contributed by atoms with Crippen molar-refractivity contribution in [3.8, 4) is 17.2 Å². The van der Waals surface area contributed by atoms with Crippen molar-refractivity contribution < 1.29 is 155 Å². The van der Waals surface area contributed by atoms with E-state index in [0.29, 0.717) is 78.7 Å². The van der Waals surface area contributed by atoms with Gasteiger partial charge in [-0.15, -0.1) is 3.63 Å². The largest absolute Gasteiger partial charge is 0.534 e. The Morgan fingerprint density at radius 1 is 0.415 bits per heavy atom. The summed E-state index contributed by atoms with van der Waals surface area (Å²) in [5.74, 6) is -3.43. The number of aromatic hydroxyl groups is 1. The van der Waals surface area contributed by atoms with Crippen molar-refractivity contribution in [2.75, 3.05) is 27.5 Å². The number of aromatic nitrogens is 4. The Hall–Kier alpha value is -12.8. The second-order valence-corrected chi connectivity index (χ2v) is 45.8. The Kier molecular flexibility index (Phi) is 37.1. The summed E-state index contributed by atoms with van der Waals surface area (Å²) < 4.78 is 189. The quantitative estimate of drug-likeness (QED) is 0.00337. The highest BCUT2D eigenvalue weighted by Gasteiger charge is 2.51. The molecule has 14 rings (SSSR count). The topological polar surface area (TPSA) is 527 Å². The lowest BCUT2D eigenvalue weighted by Gasteiger charge is -2.32. The van der Waals surface area contributed by atoms with E-state index in [0.717, 1.165) is 69.1 Å². The molecule has 0 spiro atoms. The smallest absolute Gasteiger partial charge is 0.506 e. The lowest BCUT2D eigenvalue weighted by Crippen LogP contribution is -2.41. The normalized spacial score (nSPS) is 15.0. The summed E-state index contributed by atoms with van der Waals surface area (Å²) in [5.41, 5.74) is -9.38. The number of esters is 4. The zero-order valence-electron chi connectivity index (χ0n) is 84.7. The van der Waals surface area contributed by atoms with Gasteiger partial charge in [0.25, 0.3) is 10.1 Å². The van der Waals surface area contributed by atoms with E-state index in [2.05, 4.69) is 66.3 Å². The van der Waals surface area contributed by atoms with Gasteiger partial charge in [-0.3, -0.25) is 38.4 Å². The van der Waals surface area contributed by atoms with Crippen LogP contribution >= 0.6 is 15.9 Å². The minimum atomic E-state index is -6.10. The summed E-state index contributed by atoms with van der Waals surface area (Å²) in [5, 5.41) is 34.0. The number of phenolic OH excluding ortho intramolecular Hbond substituents is 1. The minimum Gasteiger partial charge on any atom is -0.506 e. The van der Waals surface area contributed by atoms with Crippen LogP contribution in [0.3, 0.4) is 0 Å². The predicted octanol–water partition coefficient (Wildman–Crippen LogP) is 16.8. The van der Waals surface area contributed by atoms with Crippen LogP contribution in [0, 0.1) is 0 Å². The molecule has 5 aliphatic rings. The van der Waals surface area contributed by atoms with Crippen molar-refractivity contribution in [2.24, 2.45) is 0 Å². The number of ether oxygens (including phenoxy) is 5. The van der Waals surface area contributed by atoms with E-state index in [4.69, 9.17) is 33.0 Å². The maximum Gasteiger partial charge on any atom is 0.534 e. The van der Waals surface area contributed by atoms with Gasteiger partial charge in [0, 0.05) is 115 Å². The summed E-state index contributed by atoms with van der Waals surface area (Å²) >= 11 is 3.47. The van der Waals surface area contributed by atoms with Crippen LogP contribution in [-0.4, -0.2) is 202 Å². The molecule has 802 valence electrons. The SMILES string of the molecule is CC(=O)c1cn(CC(=O)OC(C)(C)C)c2cc(Br)c(NC(=O)NC3CC3)cc12.CC(=O)c1cn(CC(=O)OC(C)(C)C)c2cc(O)c(NC(=O)NC3CC3)cc12.CC(=O)c1cn(CC(=O)OC(C)(C)C)c2cc(OCc3ccccc3)c(NC(=O)NC3CC3)cc12.CC(=O)c1cn(CC(=O)OC(C)(C)C)c2cc(OS(=O)(=O)C(F)(F)F)c(NC(=O)NC3CC3)cc12.CC1(C)OBOC1(C)C.CS(=O)(=O)OS(=O)(=O)C(F)(F)F. The summed E-state index contributed by atoms with van der Waals surface area (Å²) in [7, 11) is -16.4. The van der Waals surface area contributed by atoms with E-state index in [9.17, 15) is 114 Å². The number of carbonyl (C=O) groups is 12. The molecule has 4 saturated carbocycles. The Bertz CT molecular complexity index is 6730. The average molecular weight is 2190 g/mol. The number of Topliss-reactive ketones (excluding diaryl/α,β-unsaturated/α-hetero) is 4. The van der Waals surface area contributed by atoms with Gasteiger partial charge in [-0.1, -0.05) is 30.3 Å². The molecule has 1 saturated heterocycles. The predicted molar refractivity (Wildman–Crippen MR) is 536 cm³/mol. The van der Waals surface area contributed by atoms with Crippen molar-refractivity contribution in [1.29, 1.82) is 0 Å². The van der Waals surface area contributed by atoms with Crippen LogP contribution in [0.5, 0.6) is 17.2 Å². The van der Waals surface area contributed by atoms with Crippen LogP contribution in [-0.2, 0) is 114 Å². The third-order valence-electron chi connectivity index (χ3n) is 21.5. The Labute approximate surface area is 853 Å². The highest BCUT2D eigenvalue weighted by Crippen LogP contribution is 2.42. The minimum absolute atomic E-state index is 0.0115. The Morgan fingerprint density at radius 3 is 0.973 bits per heavy atom. The second kappa shape index (κ2) is 46.3. The highest BCUT2D eigenvalue weighted by atomic mass is 79.9. The van der Waals surface area contributed by atoms with E-state index in [1.165, 1.54) is 44.5 Å². The molecule has 4 aromatic heterocycles. The van der Waals surface area contributed by atoms with Gasteiger partial charge >= 0.3 is 86.9 Å². The lowest BCUT2D eigenvalue weighted by molar-refractivity contribution is -0.156. The number of hydrogen-bond donors (Lipinski definition) is 9. The fourth-order valence-electron chi connectivity index (χ4n) is 13.6. The number of alkyl halides is 6. The molecule has 51 heteroatoms. The standard InChI is InChI=1S/C27H31N3O5.C21H24F3N3O7S.C20H24BrN3O4.C20H25N3O5.C6H13BO2.C2H3F3O5S2/c1-17(31)21-14-30(15-25(32)35-27(2,3)4)23-13-24(34-16-18-8-6-5-7-9-18)22(12-20(21)23)29-26(33)28-19-10-11-19;1-11(28)14-9-27(10-18(29)33-20(2,3)4)16-8-17(34-35(31,32)21(22,23)24)15(7-13(14)16)26-19(30)25-12-5-6-12;1-11(25)14-9-24(10-18(26)28-20(2,3)4)17-8-15(21)16(7-13(14)17)23-19(27)22-12-5-6-12;1-11(24)14-9-23(10-18(26)28-20(2,3)4)16-8-17(25)15(7-13(14)16)22-19(27)21-12-5-6-12;1-5(2)6(3,4)9-7-8-5;1-11(6,7)10-12(8,9)2(3,4)5/h5-9,12-14,19H,10-11,15-16H2,1-4H3,(H2,28,29,33);7-9,12H,5-6,10H2,1-4H3,(H2,25,26,30);7-9,12H,5-6,10H2,1-4H3,(H2,22,23,27);7-9,12,25H,5-6,10H2,1-4H3,(H2,21,22,27);7H,1-4H3;1H3. The zero-order valence-corrected chi connectivity index (χ0v) is 88.7. The van der Waals surface area contributed by atoms with Crippen LogP contribution in [0.25, 0.3) is 43.6 Å². The number of ketones is 4. The summed E-state index contributed by atoms with van der Waals surface area (Å²) in [4.78, 5) is 147. The highest BCUT2D eigenvalue weighted by molar-refractivity contribution is 9.10. The van der Waals surface area contributed by atoms with Crippen molar-refractivity contribution >= 4 is 191 Å². The van der Waals surface area contributed by atoms with Crippen molar-refractivity contribution in [2.45, 2.75) is 291 Å². The van der Waals surface area contributed by atoms with Gasteiger partial charge in [0.2, 0.25) is 0 Å². The van der Waals surface area contributed by atoms with Gasteiger partial charge in [-0.25, -0.2) is 19.2 Å². The molecule has 9 N–H and O–H groups in total. The molecule has 0 bridgehead atoms. The fourth-order valence-corrected chi connectivity index (χ4v) is 16.1. The molecule has 5 fully saturated rings. The van der Waals surface area contributed by atoms with Crippen LogP contribution < -0.4 is 51.5 Å². The maximum atomic E-state index is 13.0. The molecule has 0 unspecified atom stereocenters. The van der Waals surface area contributed by atoms with Gasteiger partial charge in [0.05, 0.1) is 62.3 Å². The third-order valence-corrected chi connectivity index (χ3v) is 25.4. The first-order valence-corrected chi connectivity index (χ1v) is 51.4. The number of phenols is 1. The zero-order chi connectivity index (χ0) is 110.